The Labute approximate surface area is 139 Å². The van der Waals surface area contributed by atoms with Crippen molar-refractivity contribution in [3.63, 3.8) is 0 Å². The minimum Gasteiger partial charge on any atom is -0.395 e. The molecule has 7 heteroatoms. The van der Waals surface area contributed by atoms with Gasteiger partial charge in [-0.1, -0.05) is 19.8 Å². The Kier molecular flexibility index (Phi) is 5.90. The molecule has 1 amide bonds. The van der Waals surface area contributed by atoms with E-state index in [1.807, 2.05) is 0 Å². The number of amides is 1. The third-order valence-corrected chi connectivity index (χ3v) is 5.08. The summed E-state index contributed by atoms with van der Waals surface area (Å²) in [7, 11) is 1.65. The van der Waals surface area contributed by atoms with Crippen LogP contribution in [0.25, 0.3) is 10.2 Å². The zero-order valence-electron chi connectivity index (χ0n) is 13.8. The predicted octanol–water partition coefficient (Wildman–Crippen LogP) is 1.93. The van der Waals surface area contributed by atoms with Crippen LogP contribution in [-0.4, -0.2) is 45.2 Å². The summed E-state index contributed by atoms with van der Waals surface area (Å²) < 4.78 is 1.42. The molecule has 0 radical (unpaired) electrons. The fourth-order valence-corrected chi connectivity index (χ4v) is 3.65. The number of hydrogen-bond acceptors (Lipinski definition) is 5. The van der Waals surface area contributed by atoms with Gasteiger partial charge in [-0.25, -0.2) is 4.98 Å². The molecule has 6 nitrogen and oxygen atoms in total. The van der Waals surface area contributed by atoms with Crippen molar-refractivity contribution in [3.8, 4) is 0 Å². The summed E-state index contributed by atoms with van der Waals surface area (Å²) in [6.45, 7) is 4.75. The lowest BCUT2D eigenvalue weighted by Crippen LogP contribution is -2.34. The van der Waals surface area contributed by atoms with Gasteiger partial charge < -0.3 is 14.6 Å². The van der Waals surface area contributed by atoms with Crippen LogP contribution in [0.2, 0.25) is 0 Å². The quantitative estimate of drug-likeness (QED) is 0.783. The minimum absolute atomic E-state index is 0.0676. The van der Waals surface area contributed by atoms with Gasteiger partial charge in [-0.15, -0.1) is 11.3 Å². The van der Waals surface area contributed by atoms with Crippen molar-refractivity contribution in [2.24, 2.45) is 7.05 Å². The van der Waals surface area contributed by atoms with E-state index in [1.54, 1.807) is 18.9 Å². The molecular formula is C16H23N3O3S. The number of rotatable bonds is 7. The first-order valence-corrected chi connectivity index (χ1v) is 8.67. The lowest BCUT2D eigenvalue weighted by molar-refractivity contribution is 0.0723. The second kappa shape index (κ2) is 7.70. The van der Waals surface area contributed by atoms with E-state index in [9.17, 15) is 14.7 Å². The molecule has 0 unspecified atom stereocenters. The maximum absolute atomic E-state index is 12.8. The second-order valence-electron chi connectivity index (χ2n) is 5.62. The molecule has 0 atom stereocenters. The Morgan fingerprint density at radius 1 is 1.39 bits per heavy atom. The normalized spacial score (nSPS) is 11.1. The summed E-state index contributed by atoms with van der Waals surface area (Å²) in [5.41, 5.74) is 0.546. The molecule has 0 aliphatic rings. The maximum Gasteiger partial charge on any atom is 0.264 e. The van der Waals surface area contributed by atoms with Crippen LogP contribution in [0, 0.1) is 6.92 Å². The number of carbonyl (C=O) groups excluding carboxylic acids is 1. The van der Waals surface area contributed by atoms with Crippen molar-refractivity contribution in [1.29, 1.82) is 0 Å². The molecule has 2 heterocycles. The lowest BCUT2D eigenvalue weighted by Gasteiger charge is -2.21. The average Bonchev–Trinajstić information content (AvgIpc) is 2.87. The Morgan fingerprint density at radius 2 is 2.13 bits per heavy atom. The molecule has 0 saturated carbocycles. The van der Waals surface area contributed by atoms with Crippen LogP contribution in [0.4, 0.5) is 0 Å². The van der Waals surface area contributed by atoms with Gasteiger partial charge >= 0.3 is 0 Å². The molecule has 0 saturated heterocycles. The Bertz CT molecular complexity index is 751. The summed E-state index contributed by atoms with van der Waals surface area (Å²) in [5.74, 6) is -0.127. The highest BCUT2D eigenvalue weighted by molar-refractivity contribution is 7.20. The molecule has 126 valence electrons. The second-order valence-corrected chi connectivity index (χ2v) is 6.62. The van der Waals surface area contributed by atoms with Crippen LogP contribution in [-0.2, 0) is 7.05 Å². The van der Waals surface area contributed by atoms with E-state index in [2.05, 4.69) is 11.9 Å². The number of thiophene rings is 1. The largest absolute Gasteiger partial charge is 0.395 e. The van der Waals surface area contributed by atoms with Gasteiger partial charge in [-0.3, -0.25) is 9.59 Å². The topological polar surface area (TPSA) is 75.4 Å². The third kappa shape index (κ3) is 3.61. The van der Waals surface area contributed by atoms with E-state index >= 15 is 0 Å². The fraction of sp³-hybridized carbons (Fsp3) is 0.562. The van der Waals surface area contributed by atoms with E-state index in [4.69, 9.17) is 0 Å². The smallest absolute Gasteiger partial charge is 0.264 e. The molecular weight excluding hydrogens is 314 g/mol. The summed E-state index contributed by atoms with van der Waals surface area (Å²) in [6, 6.07) is 0. The molecule has 2 aromatic heterocycles. The first-order valence-electron chi connectivity index (χ1n) is 7.86. The number of carbonyl (C=O) groups is 1. The number of aromatic nitrogens is 2. The number of hydrogen-bond donors (Lipinski definition) is 1. The number of aliphatic hydroxyl groups excluding tert-OH is 1. The minimum atomic E-state index is -0.137. The van der Waals surface area contributed by atoms with Crippen molar-refractivity contribution in [3.05, 3.63) is 27.1 Å². The van der Waals surface area contributed by atoms with E-state index < -0.39 is 0 Å². The molecule has 0 bridgehead atoms. The predicted molar refractivity (Wildman–Crippen MR) is 92.1 cm³/mol. The van der Waals surface area contributed by atoms with Gasteiger partial charge in [0.25, 0.3) is 11.5 Å². The average molecular weight is 337 g/mol. The monoisotopic (exact) mass is 337 g/mol. The summed E-state index contributed by atoms with van der Waals surface area (Å²) in [6.07, 6.45) is 4.50. The number of unbranched alkanes of at least 4 members (excludes halogenated alkanes) is 2. The Balaban J connectivity index is 2.37. The van der Waals surface area contributed by atoms with Crippen LogP contribution in [0.3, 0.4) is 0 Å². The molecule has 0 fully saturated rings. The van der Waals surface area contributed by atoms with Gasteiger partial charge in [-0.05, 0) is 18.9 Å². The highest BCUT2D eigenvalue weighted by Gasteiger charge is 2.23. The Morgan fingerprint density at radius 3 is 2.78 bits per heavy atom. The van der Waals surface area contributed by atoms with E-state index in [0.717, 1.165) is 19.3 Å². The number of fused-ring (bicyclic) bond motifs is 1. The molecule has 1 N–H and O–H groups in total. The summed E-state index contributed by atoms with van der Waals surface area (Å²) in [5, 5.41) is 9.74. The van der Waals surface area contributed by atoms with Gasteiger partial charge in [-0.2, -0.15) is 0 Å². The molecule has 2 rings (SSSR count). The maximum atomic E-state index is 12.8. The van der Waals surface area contributed by atoms with E-state index in [1.165, 1.54) is 22.2 Å². The molecule has 23 heavy (non-hydrogen) atoms. The zero-order valence-corrected chi connectivity index (χ0v) is 14.7. The standard InChI is InChI=1S/C16H23N3O3S/c1-4-5-6-7-19(8-9-20)16(22)13-11(2)12-14(23-13)17-10-18(3)15(12)21/h10,20H,4-9H2,1-3H3. The molecule has 0 spiro atoms. The molecule has 0 aromatic carbocycles. The molecule has 0 aliphatic heterocycles. The molecule has 0 aliphatic carbocycles. The highest BCUT2D eigenvalue weighted by Crippen LogP contribution is 2.28. The van der Waals surface area contributed by atoms with E-state index in [-0.39, 0.29) is 18.1 Å². The zero-order chi connectivity index (χ0) is 17.0. The van der Waals surface area contributed by atoms with Gasteiger partial charge in [0.2, 0.25) is 0 Å². The van der Waals surface area contributed by atoms with Crippen LogP contribution < -0.4 is 5.56 Å². The van der Waals surface area contributed by atoms with Gasteiger partial charge in [0.1, 0.15) is 4.83 Å². The molecule has 2 aromatic rings. The SMILES string of the molecule is CCCCCN(CCO)C(=O)c1sc2ncn(C)c(=O)c2c1C. The van der Waals surface area contributed by atoms with Gasteiger partial charge in [0, 0.05) is 20.1 Å². The van der Waals surface area contributed by atoms with E-state index in [0.29, 0.717) is 33.7 Å². The fourth-order valence-electron chi connectivity index (χ4n) is 2.54. The number of aliphatic hydroxyl groups is 1. The van der Waals surface area contributed by atoms with Crippen molar-refractivity contribution in [1.82, 2.24) is 14.5 Å². The van der Waals surface area contributed by atoms with Crippen LogP contribution in [0.5, 0.6) is 0 Å². The van der Waals surface area contributed by atoms with Gasteiger partial charge in [0.05, 0.1) is 23.2 Å². The number of nitrogens with zero attached hydrogens (tertiary/aromatic N) is 3. The van der Waals surface area contributed by atoms with Crippen molar-refractivity contribution in [2.75, 3.05) is 19.7 Å². The first-order chi connectivity index (χ1) is 11.0. The van der Waals surface area contributed by atoms with Crippen molar-refractivity contribution >= 4 is 27.5 Å². The van der Waals surface area contributed by atoms with Crippen molar-refractivity contribution in [2.45, 2.75) is 33.1 Å². The van der Waals surface area contributed by atoms with Crippen molar-refractivity contribution < 1.29 is 9.90 Å². The third-order valence-electron chi connectivity index (χ3n) is 3.89. The van der Waals surface area contributed by atoms with Crippen LogP contribution >= 0.6 is 11.3 Å². The highest BCUT2D eigenvalue weighted by atomic mass is 32.1. The lowest BCUT2D eigenvalue weighted by atomic mass is 10.2. The number of aryl methyl sites for hydroxylation is 2. The van der Waals surface area contributed by atoms with Crippen LogP contribution in [0.15, 0.2) is 11.1 Å². The summed E-state index contributed by atoms with van der Waals surface area (Å²) in [4.78, 5) is 32.1. The summed E-state index contributed by atoms with van der Waals surface area (Å²) >= 11 is 1.25. The van der Waals surface area contributed by atoms with Crippen LogP contribution in [0.1, 0.15) is 41.4 Å². The Hall–Kier alpha value is -1.73. The van der Waals surface area contributed by atoms with Gasteiger partial charge in [0.15, 0.2) is 0 Å². The first kappa shape index (κ1) is 17.6.